The smallest absolute Gasteiger partial charge is 0.175 e. The van der Waals surface area contributed by atoms with Crippen LogP contribution < -0.4 is 5.32 Å². The van der Waals surface area contributed by atoms with Crippen molar-refractivity contribution in [2.45, 2.75) is 45.1 Å². The normalized spacial score (nSPS) is 20.8. The highest BCUT2D eigenvalue weighted by Gasteiger charge is 2.11. The minimum atomic E-state index is -0.245. The summed E-state index contributed by atoms with van der Waals surface area (Å²) in [5.74, 6) is 0. The molecule has 0 aromatic rings. The molecule has 0 aliphatic heterocycles. The van der Waals surface area contributed by atoms with Gasteiger partial charge < -0.3 is 9.74 Å². The highest BCUT2D eigenvalue weighted by molar-refractivity contribution is 6.27. The molecule has 0 bridgehead atoms. The van der Waals surface area contributed by atoms with Crippen LogP contribution in [0.2, 0.25) is 0 Å². The number of hydrogen-bond donors (Lipinski definition) is 1. The first-order valence-corrected chi connectivity index (χ1v) is 6.82. The minimum Gasteiger partial charge on any atom is -0.423 e. The number of rotatable bonds is 5. The van der Waals surface area contributed by atoms with Crippen LogP contribution in [0.1, 0.15) is 39.0 Å². The van der Waals surface area contributed by atoms with E-state index < -0.39 is 0 Å². The van der Waals surface area contributed by atoms with Crippen molar-refractivity contribution in [3.8, 4) is 0 Å². The van der Waals surface area contributed by atoms with E-state index in [0.29, 0.717) is 0 Å². The third-order valence-corrected chi connectivity index (χ3v) is 3.68. The third-order valence-electron chi connectivity index (χ3n) is 2.49. The van der Waals surface area contributed by atoms with Crippen molar-refractivity contribution in [2.24, 2.45) is 0 Å². The summed E-state index contributed by atoms with van der Waals surface area (Å²) < 4.78 is 5.40. The second-order valence-electron chi connectivity index (χ2n) is 3.49. The Labute approximate surface area is 78.0 Å². The van der Waals surface area contributed by atoms with Crippen molar-refractivity contribution in [3.05, 3.63) is 0 Å². The predicted molar refractivity (Wildman–Crippen MR) is 55.0 cm³/mol. The van der Waals surface area contributed by atoms with E-state index in [9.17, 15) is 0 Å². The lowest BCUT2D eigenvalue weighted by molar-refractivity contribution is 0.345. The summed E-state index contributed by atoms with van der Waals surface area (Å²) in [5.41, 5.74) is 0. The maximum Gasteiger partial charge on any atom is 0.175 e. The molecule has 1 N–H and O–H groups in total. The standard InChI is InChI=1S/C9H21NOSi/c1-2-11-12-8-10-9-6-4-3-5-7-9/h9-10H,2-8,12H2,1H3. The molecule has 1 saturated carbocycles. The number of hydrogen-bond acceptors (Lipinski definition) is 2. The van der Waals surface area contributed by atoms with Crippen molar-refractivity contribution in [1.82, 2.24) is 5.32 Å². The van der Waals surface area contributed by atoms with Crippen LogP contribution >= 0.6 is 0 Å². The molecule has 3 heteroatoms. The van der Waals surface area contributed by atoms with Crippen LogP contribution in [-0.4, -0.2) is 28.6 Å². The summed E-state index contributed by atoms with van der Waals surface area (Å²) >= 11 is 0. The predicted octanol–water partition coefficient (Wildman–Crippen LogP) is 0.986. The molecule has 72 valence electrons. The van der Waals surface area contributed by atoms with E-state index in [2.05, 4.69) is 12.2 Å². The molecule has 0 spiro atoms. The Morgan fingerprint density at radius 1 is 1.33 bits per heavy atom. The van der Waals surface area contributed by atoms with Gasteiger partial charge in [0.2, 0.25) is 0 Å². The Hall–Kier alpha value is 0.137. The second kappa shape index (κ2) is 6.63. The van der Waals surface area contributed by atoms with E-state index >= 15 is 0 Å². The molecule has 2 nitrogen and oxygen atoms in total. The van der Waals surface area contributed by atoms with Gasteiger partial charge in [-0.2, -0.15) is 0 Å². The van der Waals surface area contributed by atoms with Gasteiger partial charge in [0.05, 0.1) is 0 Å². The molecule has 0 heterocycles. The van der Waals surface area contributed by atoms with Gasteiger partial charge >= 0.3 is 0 Å². The van der Waals surface area contributed by atoms with Gasteiger partial charge in [-0.05, 0) is 19.8 Å². The number of nitrogens with one attached hydrogen (secondary N) is 1. The first-order valence-electron chi connectivity index (χ1n) is 5.24. The lowest BCUT2D eigenvalue weighted by Gasteiger charge is -2.22. The van der Waals surface area contributed by atoms with Crippen molar-refractivity contribution in [3.63, 3.8) is 0 Å². The van der Waals surface area contributed by atoms with E-state index in [-0.39, 0.29) is 9.76 Å². The zero-order valence-electron chi connectivity index (χ0n) is 8.14. The fourth-order valence-corrected chi connectivity index (χ4v) is 2.75. The fourth-order valence-electron chi connectivity index (χ4n) is 1.79. The van der Waals surface area contributed by atoms with E-state index in [1.807, 2.05) is 0 Å². The first kappa shape index (κ1) is 10.2. The van der Waals surface area contributed by atoms with Crippen LogP contribution in [0, 0.1) is 0 Å². The van der Waals surface area contributed by atoms with Crippen molar-refractivity contribution < 1.29 is 4.43 Å². The molecule has 0 saturated heterocycles. The van der Waals surface area contributed by atoms with Gasteiger partial charge in [0.15, 0.2) is 9.76 Å². The maximum absolute atomic E-state index is 5.40. The molecule has 0 amide bonds. The minimum absolute atomic E-state index is 0.245. The van der Waals surface area contributed by atoms with Crippen LogP contribution in [0.25, 0.3) is 0 Å². The first-order chi connectivity index (χ1) is 5.93. The van der Waals surface area contributed by atoms with E-state index in [1.54, 1.807) is 0 Å². The summed E-state index contributed by atoms with van der Waals surface area (Å²) in [7, 11) is -0.245. The second-order valence-corrected chi connectivity index (χ2v) is 4.80. The van der Waals surface area contributed by atoms with E-state index in [0.717, 1.165) is 12.6 Å². The molecule has 1 aliphatic carbocycles. The quantitative estimate of drug-likeness (QED) is 0.512. The average Bonchev–Trinajstić information content (AvgIpc) is 2.14. The molecule has 12 heavy (non-hydrogen) atoms. The molecule has 0 unspecified atom stereocenters. The monoisotopic (exact) mass is 187 g/mol. The van der Waals surface area contributed by atoms with E-state index in [4.69, 9.17) is 4.43 Å². The Bertz CT molecular complexity index is 105. The fraction of sp³-hybridized carbons (Fsp3) is 1.00. The molecular formula is C9H21NOSi. The molecule has 0 aromatic carbocycles. The lowest BCUT2D eigenvalue weighted by atomic mass is 9.96. The molecule has 1 rings (SSSR count). The van der Waals surface area contributed by atoms with Crippen LogP contribution in [0.15, 0.2) is 0 Å². The van der Waals surface area contributed by atoms with Crippen LogP contribution in [0.4, 0.5) is 0 Å². The third kappa shape index (κ3) is 4.23. The SMILES string of the molecule is CCO[SiH2]CNC1CCCCC1. The van der Waals surface area contributed by atoms with Gasteiger partial charge in [-0.15, -0.1) is 0 Å². The van der Waals surface area contributed by atoms with Gasteiger partial charge in [0.1, 0.15) is 0 Å². The summed E-state index contributed by atoms with van der Waals surface area (Å²) in [6.07, 6.45) is 8.24. The highest BCUT2D eigenvalue weighted by atomic mass is 28.2. The van der Waals surface area contributed by atoms with Gasteiger partial charge in [0.25, 0.3) is 0 Å². The Morgan fingerprint density at radius 3 is 2.75 bits per heavy atom. The van der Waals surface area contributed by atoms with Gasteiger partial charge in [-0.3, -0.25) is 0 Å². The Kier molecular flexibility index (Phi) is 5.65. The molecule has 1 aliphatic rings. The largest absolute Gasteiger partial charge is 0.423 e. The molecule has 1 fully saturated rings. The van der Waals surface area contributed by atoms with Gasteiger partial charge in [0, 0.05) is 18.8 Å². The van der Waals surface area contributed by atoms with Crippen molar-refractivity contribution in [2.75, 3.05) is 12.8 Å². The van der Waals surface area contributed by atoms with Crippen LogP contribution in [0.5, 0.6) is 0 Å². The van der Waals surface area contributed by atoms with Gasteiger partial charge in [-0.1, -0.05) is 19.3 Å². The zero-order chi connectivity index (χ0) is 8.65. The van der Waals surface area contributed by atoms with Crippen molar-refractivity contribution >= 4 is 9.76 Å². The summed E-state index contributed by atoms with van der Waals surface area (Å²) in [4.78, 5) is 0. The summed E-state index contributed by atoms with van der Waals surface area (Å²) in [6, 6.07) is 0.812. The maximum atomic E-state index is 5.40. The van der Waals surface area contributed by atoms with Gasteiger partial charge in [-0.25, -0.2) is 0 Å². The van der Waals surface area contributed by atoms with E-state index in [1.165, 1.54) is 38.3 Å². The van der Waals surface area contributed by atoms with Crippen LogP contribution in [-0.2, 0) is 4.43 Å². The van der Waals surface area contributed by atoms with Crippen LogP contribution in [0.3, 0.4) is 0 Å². The van der Waals surface area contributed by atoms with Crippen molar-refractivity contribution in [1.29, 1.82) is 0 Å². The zero-order valence-corrected chi connectivity index (χ0v) is 9.56. The Balaban J connectivity index is 1.91. The molecule has 0 radical (unpaired) electrons. The summed E-state index contributed by atoms with van der Waals surface area (Å²) in [5, 5.41) is 3.59. The lowest BCUT2D eigenvalue weighted by Crippen LogP contribution is -2.34. The Morgan fingerprint density at radius 2 is 2.08 bits per heavy atom. The molecular weight excluding hydrogens is 166 g/mol. The highest BCUT2D eigenvalue weighted by Crippen LogP contribution is 2.16. The summed E-state index contributed by atoms with van der Waals surface area (Å²) in [6.45, 7) is 2.98. The molecule has 0 aromatic heterocycles. The average molecular weight is 187 g/mol. The molecule has 0 atom stereocenters. The topological polar surface area (TPSA) is 21.3 Å².